The van der Waals surface area contributed by atoms with Gasteiger partial charge in [-0.15, -0.1) is 0 Å². The molecule has 0 radical (unpaired) electrons. The van der Waals surface area contributed by atoms with Crippen molar-refractivity contribution in [3.63, 3.8) is 0 Å². The van der Waals surface area contributed by atoms with E-state index < -0.39 is 0 Å². The number of ether oxygens (including phenoxy) is 1. The Morgan fingerprint density at radius 2 is 1.79 bits per heavy atom. The van der Waals surface area contributed by atoms with Gasteiger partial charge in [-0.3, -0.25) is 14.6 Å². The number of halogens is 2. The SMILES string of the molecule is CCCN(CCN1CCOCC1)C[C@H](c1ccccc1)N(C)C(=O)Cc1ccc(Cl)c(Cl)c1. The molecule has 0 aliphatic carbocycles. The van der Waals surface area contributed by atoms with E-state index in [1.54, 1.807) is 12.1 Å². The summed E-state index contributed by atoms with van der Waals surface area (Å²) >= 11 is 12.2. The van der Waals surface area contributed by atoms with E-state index in [1.165, 1.54) is 0 Å². The average molecular weight is 492 g/mol. The van der Waals surface area contributed by atoms with Crippen molar-refractivity contribution in [3.8, 4) is 0 Å². The topological polar surface area (TPSA) is 36.0 Å². The molecule has 33 heavy (non-hydrogen) atoms. The van der Waals surface area contributed by atoms with Crippen LogP contribution in [0.2, 0.25) is 10.0 Å². The predicted molar refractivity (Wildman–Crippen MR) is 136 cm³/mol. The molecule has 1 aliphatic heterocycles. The first-order valence-electron chi connectivity index (χ1n) is 11.7. The van der Waals surface area contributed by atoms with Crippen LogP contribution in [0.3, 0.4) is 0 Å². The molecule has 2 aromatic rings. The van der Waals surface area contributed by atoms with Gasteiger partial charge in [0, 0.05) is 39.8 Å². The molecule has 1 amide bonds. The first kappa shape index (κ1) is 26.0. The van der Waals surface area contributed by atoms with Gasteiger partial charge >= 0.3 is 0 Å². The highest BCUT2D eigenvalue weighted by molar-refractivity contribution is 6.42. The summed E-state index contributed by atoms with van der Waals surface area (Å²) in [7, 11) is 1.91. The number of benzene rings is 2. The minimum absolute atomic E-state index is 0.0299. The predicted octanol–water partition coefficient (Wildman–Crippen LogP) is 4.78. The van der Waals surface area contributed by atoms with Crippen LogP contribution < -0.4 is 0 Å². The van der Waals surface area contributed by atoms with Gasteiger partial charge in [0.25, 0.3) is 0 Å². The highest BCUT2D eigenvalue weighted by atomic mass is 35.5. The fourth-order valence-electron chi connectivity index (χ4n) is 4.21. The Balaban J connectivity index is 1.71. The normalized spacial score (nSPS) is 15.5. The van der Waals surface area contributed by atoms with Crippen molar-refractivity contribution < 1.29 is 9.53 Å². The lowest BCUT2D eigenvalue weighted by atomic mass is 10.0. The van der Waals surface area contributed by atoms with Crippen molar-refractivity contribution >= 4 is 29.1 Å². The Morgan fingerprint density at radius 1 is 1.06 bits per heavy atom. The van der Waals surface area contributed by atoms with Gasteiger partial charge in [0.05, 0.1) is 35.7 Å². The van der Waals surface area contributed by atoms with Crippen LogP contribution >= 0.6 is 23.2 Å². The summed E-state index contributed by atoms with van der Waals surface area (Å²) in [6.45, 7) is 9.61. The summed E-state index contributed by atoms with van der Waals surface area (Å²) in [5.41, 5.74) is 2.01. The standard InChI is InChI=1S/C26H35Cl2N3O2/c1-3-11-31(13-12-30-14-16-33-17-15-30)20-25(22-7-5-4-6-8-22)29(2)26(32)19-21-9-10-23(27)24(28)18-21/h4-10,18,25H,3,11-17,19-20H2,1-2H3/t25-/m1/s1. The molecule has 0 saturated carbocycles. The molecule has 1 aliphatic rings. The smallest absolute Gasteiger partial charge is 0.227 e. The lowest BCUT2D eigenvalue weighted by Gasteiger charge is -2.35. The fourth-order valence-corrected chi connectivity index (χ4v) is 4.53. The minimum Gasteiger partial charge on any atom is -0.379 e. The van der Waals surface area contributed by atoms with Crippen molar-refractivity contribution in [1.82, 2.24) is 14.7 Å². The molecule has 180 valence electrons. The molecule has 1 atom stereocenters. The molecule has 1 saturated heterocycles. The highest BCUT2D eigenvalue weighted by Gasteiger charge is 2.25. The maximum atomic E-state index is 13.3. The van der Waals surface area contributed by atoms with Gasteiger partial charge < -0.3 is 9.64 Å². The number of hydrogen-bond acceptors (Lipinski definition) is 4. The quantitative estimate of drug-likeness (QED) is 0.453. The molecule has 2 aromatic carbocycles. The second-order valence-electron chi connectivity index (χ2n) is 8.61. The zero-order valence-electron chi connectivity index (χ0n) is 19.7. The van der Waals surface area contributed by atoms with Gasteiger partial charge in [-0.05, 0) is 36.2 Å². The lowest BCUT2D eigenvalue weighted by molar-refractivity contribution is -0.131. The lowest BCUT2D eigenvalue weighted by Crippen LogP contribution is -2.45. The summed E-state index contributed by atoms with van der Waals surface area (Å²) < 4.78 is 5.48. The third-order valence-electron chi connectivity index (χ3n) is 6.19. The molecule has 5 nitrogen and oxygen atoms in total. The molecular formula is C26H35Cl2N3O2. The monoisotopic (exact) mass is 491 g/mol. The second-order valence-corrected chi connectivity index (χ2v) is 9.43. The van der Waals surface area contributed by atoms with E-state index >= 15 is 0 Å². The van der Waals surface area contributed by atoms with Crippen molar-refractivity contribution in [2.45, 2.75) is 25.8 Å². The van der Waals surface area contributed by atoms with Crippen molar-refractivity contribution in [2.75, 3.05) is 59.5 Å². The van der Waals surface area contributed by atoms with Gasteiger partial charge in [0.15, 0.2) is 0 Å². The summed E-state index contributed by atoms with van der Waals surface area (Å²) in [6, 6.07) is 15.7. The fraction of sp³-hybridized carbons (Fsp3) is 0.500. The maximum absolute atomic E-state index is 13.3. The van der Waals surface area contributed by atoms with Gasteiger partial charge in [-0.25, -0.2) is 0 Å². The molecule has 0 bridgehead atoms. The first-order valence-corrected chi connectivity index (χ1v) is 12.5. The number of carbonyl (C=O) groups excluding carboxylic acids is 1. The molecule has 0 aromatic heterocycles. The zero-order valence-corrected chi connectivity index (χ0v) is 21.2. The molecule has 1 heterocycles. The first-order chi connectivity index (χ1) is 16.0. The molecule has 0 spiro atoms. The molecular weight excluding hydrogens is 457 g/mol. The van der Waals surface area contributed by atoms with Crippen LogP contribution in [0.5, 0.6) is 0 Å². The number of carbonyl (C=O) groups is 1. The average Bonchev–Trinajstić information content (AvgIpc) is 2.84. The second kappa shape index (κ2) is 13.3. The van der Waals surface area contributed by atoms with Crippen LogP contribution in [0, 0.1) is 0 Å². The van der Waals surface area contributed by atoms with E-state index in [9.17, 15) is 4.79 Å². The largest absolute Gasteiger partial charge is 0.379 e. The third-order valence-corrected chi connectivity index (χ3v) is 6.93. The number of rotatable bonds is 11. The Kier molecular flexibility index (Phi) is 10.5. The Hall–Kier alpha value is -1.63. The van der Waals surface area contributed by atoms with Gasteiger partial charge in [0.1, 0.15) is 0 Å². The molecule has 0 unspecified atom stereocenters. The minimum atomic E-state index is -0.0299. The number of hydrogen-bond donors (Lipinski definition) is 0. The van der Waals surface area contributed by atoms with Crippen LogP contribution in [0.25, 0.3) is 0 Å². The van der Waals surface area contributed by atoms with Crippen LogP contribution in [-0.4, -0.2) is 80.1 Å². The van der Waals surface area contributed by atoms with Crippen molar-refractivity contribution in [1.29, 1.82) is 0 Å². The highest BCUT2D eigenvalue weighted by Crippen LogP contribution is 2.25. The van der Waals surface area contributed by atoms with Crippen LogP contribution in [-0.2, 0) is 16.0 Å². The summed E-state index contributed by atoms with van der Waals surface area (Å²) in [5, 5.41) is 0.973. The van der Waals surface area contributed by atoms with Crippen molar-refractivity contribution in [3.05, 3.63) is 69.7 Å². The summed E-state index contributed by atoms with van der Waals surface area (Å²) in [5.74, 6) is 0.0619. The number of likely N-dealkylation sites (N-methyl/N-ethyl adjacent to an activating group) is 1. The maximum Gasteiger partial charge on any atom is 0.227 e. The third kappa shape index (κ3) is 7.97. The van der Waals surface area contributed by atoms with E-state index in [-0.39, 0.29) is 18.4 Å². The molecule has 1 fully saturated rings. The van der Waals surface area contributed by atoms with E-state index in [0.717, 1.165) is 70.0 Å². The molecule has 3 rings (SSSR count). The number of nitrogens with zero attached hydrogens (tertiary/aromatic N) is 3. The Morgan fingerprint density at radius 3 is 2.45 bits per heavy atom. The van der Waals surface area contributed by atoms with E-state index in [0.29, 0.717) is 10.0 Å². The van der Waals surface area contributed by atoms with Crippen molar-refractivity contribution in [2.24, 2.45) is 0 Å². The summed E-state index contributed by atoms with van der Waals surface area (Å²) in [6.07, 6.45) is 1.36. The van der Waals surface area contributed by atoms with E-state index in [2.05, 4.69) is 28.9 Å². The van der Waals surface area contributed by atoms with Gasteiger partial charge in [0.2, 0.25) is 5.91 Å². The molecule has 0 N–H and O–H groups in total. The number of morpholine rings is 1. The van der Waals surface area contributed by atoms with Gasteiger partial charge in [-0.1, -0.05) is 66.5 Å². The van der Waals surface area contributed by atoms with Crippen LogP contribution in [0.4, 0.5) is 0 Å². The van der Waals surface area contributed by atoms with Crippen LogP contribution in [0.1, 0.15) is 30.5 Å². The molecule has 7 heteroatoms. The van der Waals surface area contributed by atoms with E-state index in [4.69, 9.17) is 27.9 Å². The summed E-state index contributed by atoms with van der Waals surface area (Å²) in [4.78, 5) is 20.1. The van der Waals surface area contributed by atoms with Gasteiger partial charge in [-0.2, -0.15) is 0 Å². The van der Waals surface area contributed by atoms with Crippen LogP contribution in [0.15, 0.2) is 48.5 Å². The zero-order chi connectivity index (χ0) is 23.6. The Labute approximate surface area is 208 Å². The van der Waals surface area contributed by atoms with E-state index in [1.807, 2.05) is 36.2 Å². The number of amides is 1. The Bertz CT molecular complexity index is 875.